The van der Waals surface area contributed by atoms with Crippen molar-refractivity contribution < 1.29 is 14.8 Å². The lowest BCUT2D eigenvalue weighted by Crippen LogP contribution is -2.05. The molecule has 108 valence electrons. The maximum Gasteiger partial charge on any atom is 0.286 e. The molecule has 2 N–H and O–H groups in total. The summed E-state index contributed by atoms with van der Waals surface area (Å²) < 4.78 is 0. The highest BCUT2D eigenvalue weighted by Gasteiger charge is 2.15. The molecule has 0 aliphatic carbocycles. The minimum absolute atomic E-state index is 0.146. The average molecular weight is 304 g/mol. The number of carbonyl (C=O) groups is 1. The average Bonchev–Trinajstić information content (AvgIpc) is 2.42. The molecule has 0 unspecified atom stereocenters. The van der Waals surface area contributed by atoms with E-state index in [1.807, 2.05) is 0 Å². The SMILES string of the molecule is CC(=O)Nc1ccc(Sc2ccc(O)cc2[N+](=O)[O-])cc1. The van der Waals surface area contributed by atoms with Gasteiger partial charge in [0.05, 0.1) is 15.9 Å². The molecular weight excluding hydrogens is 292 g/mol. The van der Waals surface area contributed by atoms with Gasteiger partial charge in [0, 0.05) is 17.5 Å². The Balaban J connectivity index is 2.22. The molecular formula is C14H12N2O4S. The third kappa shape index (κ3) is 3.96. The van der Waals surface area contributed by atoms with Gasteiger partial charge < -0.3 is 10.4 Å². The Morgan fingerprint density at radius 2 is 1.90 bits per heavy atom. The summed E-state index contributed by atoms with van der Waals surface area (Å²) in [4.78, 5) is 22.6. The van der Waals surface area contributed by atoms with Crippen molar-refractivity contribution in [3.05, 3.63) is 52.6 Å². The molecule has 0 saturated carbocycles. The van der Waals surface area contributed by atoms with Crippen molar-refractivity contribution in [2.75, 3.05) is 5.32 Å². The lowest BCUT2D eigenvalue weighted by Gasteiger charge is -2.05. The molecule has 21 heavy (non-hydrogen) atoms. The predicted molar refractivity (Wildman–Crippen MR) is 79.6 cm³/mol. The van der Waals surface area contributed by atoms with Gasteiger partial charge in [0.1, 0.15) is 5.75 Å². The molecule has 0 bridgehead atoms. The molecule has 0 atom stereocenters. The number of anilines is 1. The van der Waals surface area contributed by atoms with Crippen molar-refractivity contribution in [2.45, 2.75) is 16.7 Å². The highest BCUT2D eigenvalue weighted by atomic mass is 32.2. The van der Waals surface area contributed by atoms with E-state index in [0.29, 0.717) is 10.6 Å². The lowest BCUT2D eigenvalue weighted by molar-refractivity contribution is -0.387. The van der Waals surface area contributed by atoms with Gasteiger partial charge in [0.15, 0.2) is 0 Å². The Hall–Kier alpha value is -2.54. The first-order valence-electron chi connectivity index (χ1n) is 5.98. The number of nitrogens with one attached hydrogen (secondary N) is 1. The first kappa shape index (κ1) is 14.9. The summed E-state index contributed by atoms with van der Waals surface area (Å²) in [6.45, 7) is 1.42. The molecule has 2 rings (SSSR count). The van der Waals surface area contributed by atoms with Gasteiger partial charge in [-0.2, -0.15) is 0 Å². The van der Waals surface area contributed by atoms with Crippen molar-refractivity contribution >= 4 is 29.0 Å². The van der Waals surface area contributed by atoms with E-state index in [0.717, 1.165) is 11.0 Å². The number of phenols is 1. The Labute approximate surface area is 125 Å². The number of nitrogens with zero attached hydrogens (tertiary/aromatic N) is 1. The molecule has 0 saturated heterocycles. The number of nitro benzene ring substituents is 1. The summed E-state index contributed by atoms with van der Waals surface area (Å²) >= 11 is 1.21. The molecule has 0 radical (unpaired) electrons. The molecule has 1 amide bonds. The van der Waals surface area contributed by atoms with Crippen LogP contribution >= 0.6 is 11.8 Å². The number of hydrogen-bond acceptors (Lipinski definition) is 5. The van der Waals surface area contributed by atoms with Crippen LogP contribution in [0.25, 0.3) is 0 Å². The normalized spacial score (nSPS) is 10.1. The van der Waals surface area contributed by atoms with Gasteiger partial charge in [-0.3, -0.25) is 14.9 Å². The van der Waals surface area contributed by atoms with Crippen LogP contribution in [0.5, 0.6) is 5.75 Å². The largest absolute Gasteiger partial charge is 0.508 e. The maximum atomic E-state index is 11.0. The van der Waals surface area contributed by atoms with Crippen LogP contribution in [-0.4, -0.2) is 15.9 Å². The Bertz CT molecular complexity index is 686. The zero-order chi connectivity index (χ0) is 15.4. The van der Waals surface area contributed by atoms with Crippen LogP contribution in [0, 0.1) is 10.1 Å². The summed E-state index contributed by atoms with van der Waals surface area (Å²) in [7, 11) is 0. The van der Waals surface area contributed by atoms with E-state index in [-0.39, 0.29) is 17.3 Å². The maximum absolute atomic E-state index is 11.0. The molecule has 2 aromatic carbocycles. The monoisotopic (exact) mass is 304 g/mol. The molecule has 0 aromatic heterocycles. The van der Waals surface area contributed by atoms with Crippen LogP contribution in [0.4, 0.5) is 11.4 Å². The van der Waals surface area contributed by atoms with Crippen LogP contribution in [0.3, 0.4) is 0 Å². The minimum atomic E-state index is -0.534. The van der Waals surface area contributed by atoms with Crippen LogP contribution < -0.4 is 5.32 Å². The third-order valence-electron chi connectivity index (χ3n) is 2.54. The minimum Gasteiger partial charge on any atom is -0.508 e. The van der Waals surface area contributed by atoms with Crippen LogP contribution in [0.15, 0.2) is 52.3 Å². The summed E-state index contributed by atoms with van der Waals surface area (Å²) in [5.74, 6) is -0.309. The van der Waals surface area contributed by atoms with E-state index in [4.69, 9.17) is 0 Å². The van der Waals surface area contributed by atoms with E-state index in [2.05, 4.69) is 5.32 Å². The molecule has 2 aromatic rings. The lowest BCUT2D eigenvalue weighted by atomic mass is 10.3. The van der Waals surface area contributed by atoms with Crippen molar-refractivity contribution in [1.82, 2.24) is 0 Å². The number of rotatable bonds is 4. The van der Waals surface area contributed by atoms with E-state index in [9.17, 15) is 20.0 Å². The van der Waals surface area contributed by atoms with Gasteiger partial charge in [0.25, 0.3) is 5.69 Å². The van der Waals surface area contributed by atoms with Gasteiger partial charge in [0.2, 0.25) is 5.91 Å². The fourth-order valence-corrected chi connectivity index (χ4v) is 2.57. The Morgan fingerprint density at radius 1 is 1.24 bits per heavy atom. The number of amides is 1. The summed E-state index contributed by atoms with van der Waals surface area (Å²) in [6, 6.07) is 11.0. The first-order chi connectivity index (χ1) is 9.95. The Morgan fingerprint density at radius 3 is 2.48 bits per heavy atom. The number of phenolic OH excluding ortho intramolecular Hbond substituents is 1. The summed E-state index contributed by atoms with van der Waals surface area (Å²) in [5, 5.41) is 22.9. The molecule has 0 heterocycles. The van der Waals surface area contributed by atoms with Gasteiger partial charge >= 0.3 is 0 Å². The molecule has 0 spiro atoms. The second-order valence-corrected chi connectivity index (χ2v) is 5.33. The first-order valence-corrected chi connectivity index (χ1v) is 6.80. The number of hydrogen-bond donors (Lipinski definition) is 2. The molecule has 6 nitrogen and oxygen atoms in total. The fraction of sp³-hybridized carbons (Fsp3) is 0.0714. The summed E-state index contributed by atoms with van der Waals surface area (Å²) in [6.07, 6.45) is 0. The highest BCUT2D eigenvalue weighted by molar-refractivity contribution is 7.99. The van der Waals surface area contributed by atoms with Gasteiger partial charge in [-0.1, -0.05) is 11.8 Å². The predicted octanol–water partition coefficient (Wildman–Crippen LogP) is 3.41. The topological polar surface area (TPSA) is 92.5 Å². The van der Waals surface area contributed by atoms with E-state index in [1.165, 1.54) is 30.8 Å². The number of benzene rings is 2. The number of nitro groups is 1. The van der Waals surface area contributed by atoms with Gasteiger partial charge in [-0.05, 0) is 36.4 Å². The second-order valence-electron chi connectivity index (χ2n) is 4.22. The van der Waals surface area contributed by atoms with Gasteiger partial charge in [-0.25, -0.2) is 0 Å². The van der Waals surface area contributed by atoms with Gasteiger partial charge in [-0.15, -0.1) is 0 Å². The highest BCUT2D eigenvalue weighted by Crippen LogP contribution is 2.36. The molecule has 0 aliphatic rings. The molecule has 7 heteroatoms. The quantitative estimate of drug-likeness (QED) is 0.667. The van der Waals surface area contributed by atoms with Crippen LogP contribution in [-0.2, 0) is 4.79 Å². The number of aromatic hydroxyl groups is 1. The second kappa shape index (κ2) is 6.27. The standard InChI is InChI=1S/C14H12N2O4S/c1-9(17)15-10-2-5-12(6-3-10)21-14-7-4-11(18)8-13(14)16(19)20/h2-8,18H,1H3,(H,15,17). The van der Waals surface area contributed by atoms with Crippen molar-refractivity contribution in [3.63, 3.8) is 0 Å². The molecule has 0 fully saturated rings. The van der Waals surface area contributed by atoms with E-state index < -0.39 is 4.92 Å². The summed E-state index contributed by atoms with van der Waals surface area (Å²) in [5.41, 5.74) is 0.512. The van der Waals surface area contributed by atoms with Crippen molar-refractivity contribution in [3.8, 4) is 5.75 Å². The van der Waals surface area contributed by atoms with E-state index in [1.54, 1.807) is 24.3 Å². The van der Waals surface area contributed by atoms with Crippen molar-refractivity contribution in [1.29, 1.82) is 0 Å². The zero-order valence-corrected chi connectivity index (χ0v) is 11.9. The third-order valence-corrected chi connectivity index (χ3v) is 3.61. The Kier molecular flexibility index (Phi) is 4.44. The van der Waals surface area contributed by atoms with Crippen LogP contribution in [0.1, 0.15) is 6.92 Å². The van der Waals surface area contributed by atoms with Crippen LogP contribution in [0.2, 0.25) is 0 Å². The van der Waals surface area contributed by atoms with E-state index >= 15 is 0 Å². The molecule has 0 aliphatic heterocycles. The fourth-order valence-electron chi connectivity index (χ4n) is 1.67. The number of carbonyl (C=O) groups excluding carboxylic acids is 1. The smallest absolute Gasteiger partial charge is 0.286 e. The van der Waals surface area contributed by atoms with Crippen molar-refractivity contribution in [2.24, 2.45) is 0 Å². The zero-order valence-electron chi connectivity index (χ0n) is 11.1.